The van der Waals surface area contributed by atoms with E-state index in [0.29, 0.717) is 22.3 Å². The highest BCUT2D eigenvalue weighted by atomic mass is 19.4. The fourth-order valence-corrected chi connectivity index (χ4v) is 4.18. The molecule has 5 nitrogen and oxygen atoms in total. The van der Waals surface area contributed by atoms with Gasteiger partial charge in [0, 0.05) is 19.7 Å². The van der Waals surface area contributed by atoms with Gasteiger partial charge in [0.25, 0.3) is 0 Å². The van der Waals surface area contributed by atoms with Crippen LogP contribution in [0, 0.1) is 0 Å². The Labute approximate surface area is 192 Å². The van der Waals surface area contributed by atoms with Gasteiger partial charge in [0.2, 0.25) is 0 Å². The van der Waals surface area contributed by atoms with Crippen LogP contribution < -0.4 is 0 Å². The molecule has 1 unspecified atom stereocenters. The molecule has 10 heteroatoms. The predicted octanol–water partition coefficient (Wildman–Crippen LogP) is 5.52. The lowest BCUT2D eigenvalue weighted by Crippen LogP contribution is -2.54. The topological polar surface area (TPSA) is 56.1 Å². The molecule has 2 aliphatic rings. The minimum absolute atomic E-state index is 0.0124. The number of allylic oxidation sites excluding steroid dienone is 2. The largest absolute Gasteiger partial charge is 0.478 e. The van der Waals surface area contributed by atoms with Crippen LogP contribution in [0.1, 0.15) is 22.8 Å². The smallest absolute Gasteiger partial charge is 0.459 e. The first kappa shape index (κ1) is 23.5. The van der Waals surface area contributed by atoms with Gasteiger partial charge in [-0.2, -0.15) is 22.0 Å². The van der Waals surface area contributed by atoms with Gasteiger partial charge in [-0.25, -0.2) is 9.79 Å². The summed E-state index contributed by atoms with van der Waals surface area (Å²) < 4.78 is 68.7. The minimum atomic E-state index is -5.79. The van der Waals surface area contributed by atoms with Gasteiger partial charge in [0.05, 0.1) is 5.56 Å². The molecule has 1 N–H and O–H groups in total. The van der Waals surface area contributed by atoms with Crippen molar-refractivity contribution in [2.24, 2.45) is 4.99 Å². The highest BCUT2D eigenvalue weighted by molar-refractivity contribution is 5.99. The normalized spacial score (nSPS) is 18.3. The Bertz CT molecular complexity index is 1220. The Morgan fingerprint density at radius 1 is 1.06 bits per heavy atom. The highest BCUT2D eigenvalue weighted by Crippen LogP contribution is 2.43. The van der Waals surface area contributed by atoms with Gasteiger partial charge in [-0.1, -0.05) is 42.5 Å². The van der Waals surface area contributed by atoms with Crippen molar-refractivity contribution in [1.29, 1.82) is 0 Å². The van der Waals surface area contributed by atoms with Crippen LogP contribution in [-0.2, 0) is 6.42 Å². The molecule has 0 amide bonds. The van der Waals surface area contributed by atoms with Gasteiger partial charge < -0.3 is 5.11 Å². The molecule has 0 aromatic heterocycles. The number of carbonyl (C=O) groups is 1. The van der Waals surface area contributed by atoms with Crippen molar-refractivity contribution in [3.8, 4) is 11.1 Å². The van der Waals surface area contributed by atoms with Gasteiger partial charge in [0.15, 0.2) is 0 Å². The van der Waals surface area contributed by atoms with Crippen LogP contribution in [0.25, 0.3) is 11.1 Å². The Morgan fingerprint density at radius 2 is 1.71 bits per heavy atom. The number of carboxylic acids is 1. The number of carboxylic acid groups (broad SMARTS) is 1. The summed E-state index contributed by atoms with van der Waals surface area (Å²) in [5, 5.41) is 12.2. The number of aliphatic imine (C=N–C) groups is 1. The van der Waals surface area contributed by atoms with E-state index in [-0.39, 0.29) is 17.8 Å². The van der Waals surface area contributed by atoms with E-state index in [1.54, 1.807) is 62.6 Å². The Hall–Kier alpha value is -3.69. The van der Waals surface area contributed by atoms with Crippen molar-refractivity contribution < 1.29 is 31.9 Å². The quantitative estimate of drug-likeness (QED) is 0.576. The van der Waals surface area contributed by atoms with Crippen molar-refractivity contribution in [1.82, 2.24) is 10.0 Å². The Kier molecular flexibility index (Phi) is 5.71. The first-order valence-corrected chi connectivity index (χ1v) is 10.3. The first-order valence-electron chi connectivity index (χ1n) is 10.3. The molecule has 2 aromatic carbocycles. The van der Waals surface area contributed by atoms with Crippen LogP contribution in [0.4, 0.5) is 22.0 Å². The fraction of sp³-hybridized carbons (Fsp3) is 0.250. The van der Waals surface area contributed by atoms with Crippen molar-refractivity contribution in [2.75, 3.05) is 7.05 Å². The van der Waals surface area contributed by atoms with Gasteiger partial charge in [-0.05, 0) is 41.3 Å². The number of hydrogen-bond acceptors (Lipinski definition) is 4. The first-order chi connectivity index (χ1) is 15.9. The van der Waals surface area contributed by atoms with E-state index >= 15 is 0 Å². The number of hydrazine groups is 1. The zero-order chi connectivity index (χ0) is 24.8. The summed E-state index contributed by atoms with van der Waals surface area (Å²) >= 11 is 0. The molecule has 4 rings (SSSR count). The third-order valence-electron chi connectivity index (χ3n) is 5.70. The van der Waals surface area contributed by atoms with Crippen molar-refractivity contribution in [3.63, 3.8) is 0 Å². The monoisotopic (exact) mass is 477 g/mol. The summed E-state index contributed by atoms with van der Waals surface area (Å²) in [6.07, 6.45) is -2.88. The lowest BCUT2D eigenvalue weighted by molar-refractivity contribution is -0.250. The third-order valence-corrected chi connectivity index (χ3v) is 5.70. The molecule has 0 bridgehead atoms. The maximum Gasteiger partial charge on any atom is 0.459 e. The van der Waals surface area contributed by atoms with Crippen LogP contribution in [0.2, 0.25) is 0 Å². The van der Waals surface area contributed by atoms with Crippen LogP contribution >= 0.6 is 0 Å². The summed E-state index contributed by atoms with van der Waals surface area (Å²) in [5.74, 6) is -6.19. The van der Waals surface area contributed by atoms with E-state index in [2.05, 4.69) is 4.99 Å². The number of halogens is 5. The molecular weight excluding hydrogens is 457 g/mol. The lowest BCUT2D eigenvalue weighted by atomic mass is 9.94. The van der Waals surface area contributed by atoms with Crippen molar-refractivity contribution >= 4 is 11.7 Å². The van der Waals surface area contributed by atoms with Gasteiger partial charge in [0.1, 0.15) is 17.6 Å². The average molecular weight is 477 g/mol. The SMILES string of the molecule is CC1=CN(C)N2C(=C1)N=C(C(F)(F)C(F)(F)F)C2Cc1ccc(-c2ccccc2C(=O)O)cc1. The number of alkyl halides is 5. The molecule has 0 radical (unpaired) electrons. The van der Waals surface area contributed by atoms with E-state index in [4.69, 9.17) is 0 Å². The standard InChI is InChI=1S/C24H20F5N3O2/c1-14-11-20-30-21(23(25,26)24(27,28)29)19(32(20)31(2)13-14)12-15-7-9-16(10-8-15)17-5-3-4-6-18(17)22(33)34/h3-11,13,19H,12H2,1-2H3,(H,33,34). The molecule has 0 aliphatic carbocycles. The fourth-order valence-electron chi connectivity index (χ4n) is 4.18. The number of rotatable bonds is 5. The van der Waals surface area contributed by atoms with E-state index in [1.165, 1.54) is 22.2 Å². The van der Waals surface area contributed by atoms with Crippen LogP contribution in [0.15, 0.2) is 77.2 Å². The minimum Gasteiger partial charge on any atom is -0.478 e. The molecule has 2 aromatic rings. The van der Waals surface area contributed by atoms with Crippen LogP contribution in [-0.4, -0.2) is 52.0 Å². The summed E-state index contributed by atoms with van der Waals surface area (Å²) in [6, 6.07) is 11.4. The van der Waals surface area contributed by atoms with E-state index in [1.807, 2.05) is 0 Å². The third kappa shape index (κ3) is 4.04. The molecular formula is C24H20F5N3O2. The maximum atomic E-state index is 14.5. The highest BCUT2D eigenvalue weighted by Gasteiger charge is 2.65. The average Bonchev–Trinajstić information content (AvgIpc) is 3.12. The second-order valence-corrected chi connectivity index (χ2v) is 8.13. The van der Waals surface area contributed by atoms with Crippen molar-refractivity contribution in [2.45, 2.75) is 31.5 Å². The zero-order valence-corrected chi connectivity index (χ0v) is 18.1. The number of benzene rings is 2. The number of nitrogens with zero attached hydrogens (tertiary/aromatic N) is 3. The summed E-state index contributed by atoms with van der Waals surface area (Å²) in [7, 11) is 1.56. The number of hydrogen-bond donors (Lipinski definition) is 1. The second kappa shape index (κ2) is 8.27. The van der Waals surface area contributed by atoms with Crippen molar-refractivity contribution in [3.05, 3.63) is 83.3 Å². The maximum absolute atomic E-state index is 14.5. The zero-order valence-electron chi connectivity index (χ0n) is 18.1. The molecule has 0 saturated carbocycles. The summed E-state index contributed by atoms with van der Waals surface area (Å²) in [4.78, 5) is 15.2. The van der Waals surface area contributed by atoms with E-state index in [0.717, 1.165) is 0 Å². The van der Waals surface area contributed by atoms with E-state index < -0.39 is 29.8 Å². The Morgan fingerprint density at radius 3 is 2.32 bits per heavy atom. The van der Waals surface area contributed by atoms with Gasteiger partial charge in [-0.15, -0.1) is 0 Å². The second-order valence-electron chi connectivity index (χ2n) is 8.13. The molecule has 1 atom stereocenters. The molecule has 0 fully saturated rings. The summed E-state index contributed by atoms with van der Waals surface area (Å²) in [6.45, 7) is 1.69. The summed E-state index contributed by atoms with van der Waals surface area (Å²) in [5.41, 5.74) is 1.04. The molecule has 34 heavy (non-hydrogen) atoms. The van der Waals surface area contributed by atoms with Crippen LogP contribution in [0.5, 0.6) is 0 Å². The van der Waals surface area contributed by atoms with Gasteiger partial charge >= 0.3 is 18.1 Å². The van der Waals surface area contributed by atoms with Crippen LogP contribution in [0.3, 0.4) is 0 Å². The molecule has 178 valence electrons. The number of aromatic carboxylic acids is 1. The molecule has 0 spiro atoms. The Balaban J connectivity index is 1.69. The molecule has 2 heterocycles. The molecule has 2 aliphatic heterocycles. The van der Waals surface area contributed by atoms with E-state index in [9.17, 15) is 31.9 Å². The van der Waals surface area contributed by atoms with Gasteiger partial charge in [-0.3, -0.25) is 10.0 Å². The predicted molar refractivity (Wildman–Crippen MR) is 116 cm³/mol. The molecule has 0 saturated heterocycles. The lowest BCUT2D eigenvalue weighted by Gasteiger charge is -2.38. The number of fused-ring (bicyclic) bond motifs is 1.